The third kappa shape index (κ3) is 3.75. The van der Waals surface area contributed by atoms with Crippen LogP contribution in [-0.4, -0.2) is 23.5 Å². The van der Waals surface area contributed by atoms with Crippen LogP contribution in [0.3, 0.4) is 0 Å². The van der Waals surface area contributed by atoms with E-state index in [1.54, 1.807) is 30.3 Å². The first-order valence-corrected chi connectivity index (χ1v) is 8.01. The van der Waals surface area contributed by atoms with Gasteiger partial charge in [0.25, 0.3) is 0 Å². The molecule has 0 saturated heterocycles. The van der Waals surface area contributed by atoms with Crippen molar-refractivity contribution in [1.29, 1.82) is 0 Å². The summed E-state index contributed by atoms with van der Waals surface area (Å²) >= 11 is 6.01. The van der Waals surface area contributed by atoms with Crippen LogP contribution < -0.4 is 10.6 Å². The molecular weight excluding hydrogens is 328 g/mol. The Balaban J connectivity index is 1.73. The summed E-state index contributed by atoms with van der Waals surface area (Å²) in [5.74, 6) is -1.27. The van der Waals surface area contributed by atoms with Gasteiger partial charge in [-0.05, 0) is 41.0 Å². The summed E-state index contributed by atoms with van der Waals surface area (Å²) in [6.45, 7) is 1.27. The van der Waals surface area contributed by atoms with Crippen LogP contribution in [0.4, 0.5) is 5.69 Å². The van der Waals surface area contributed by atoms with Crippen molar-refractivity contribution in [3.8, 4) is 0 Å². The lowest BCUT2D eigenvalue weighted by Crippen LogP contribution is -2.35. The molecular formula is C18H17ClN2O3. The molecule has 0 fully saturated rings. The van der Waals surface area contributed by atoms with Crippen molar-refractivity contribution in [2.75, 3.05) is 11.9 Å². The molecule has 2 aromatic rings. The molecule has 24 heavy (non-hydrogen) atoms. The summed E-state index contributed by atoms with van der Waals surface area (Å²) in [5, 5.41) is 15.6. The van der Waals surface area contributed by atoms with Crippen LogP contribution in [0.25, 0.3) is 0 Å². The highest BCUT2D eigenvalue weighted by Crippen LogP contribution is 2.27. The van der Waals surface area contributed by atoms with E-state index in [4.69, 9.17) is 16.7 Å². The minimum atomic E-state index is -0.879. The first kappa shape index (κ1) is 16.5. The molecule has 0 bridgehead atoms. The normalized spacial score (nSPS) is 16.3. The van der Waals surface area contributed by atoms with Gasteiger partial charge >= 0.3 is 5.97 Å². The zero-order valence-corrected chi connectivity index (χ0v) is 13.6. The number of halogens is 1. The third-order valence-corrected chi connectivity index (χ3v) is 4.27. The smallest absolute Gasteiger partial charge is 0.307 e. The fraction of sp³-hybridized carbons (Fsp3) is 0.222. The Labute approximate surface area is 144 Å². The predicted octanol–water partition coefficient (Wildman–Crippen LogP) is 2.79. The molecule has 1 amide bonds. The van der Waals surface area contributed by atoms with E-state index in [2.05, 4.69) is 10.6 Å². The molecule has 1 unspecified atom stereocenters. The molecule has 0 spiro atoms. The number of carbonyl (C=O) groups is 2. The van der Waals surface area contributed by atoms with E-state index in [9.17, 15) is 9.59 Å². The Morgan fingerprint density at radius 3 is 2.67 bits per heavy atom. The Kier molecular flexibility index (Phi) is 4.83. The van der Waals surface area contributed by atoms with Gasteiger partial charge in [0.2, 0.25) is 5.91 Å². The molecule has 0 aliphatic carbocycles. The van der Waals surface area contributed by atoms with Crippen molar-refractivity contribution in [3.05, 3.63) is 64.2 Å². The van der Waals surface area contributed by atoms with Gasteiger partial charge < -0.3 is 15.7 Å². The summed E-state index contributed by atoms with van der Waals surface area (Å²) in [7, 11) is 0. The second-order valence-corrected chi connectivity index (χ2v) is 6.22. The number of carboxylic acid groups (broad SMARTS) is 1. The summed E-state index contributed by atoms with van der Waals surface area (Å²) in [4.78, 5) is 23.3. The Morgan fingerprint density at radius 1 is 1.21 bits per heavy atom. The maximum Gasteiger partial charge on any atom is 0.307 e. The lowest BCUT2D eigenvalue weighted by Gasteiger charge is -2.25. The Hall–Kier alpha value is -2.37. The fourth-order valence-electron chi connectivity index (χ4n) is 2.87. The van der Waals surface area contributed by atoms with Crippen molar-refractivity contribution < 1.29 is 14.7 Å². The molecule has 3 rings (SSSR count). The number of aliphatic carboxylic acids is 1. The number of carbonyl (C=O) groups excluding carboxylic acids is 1. The molecule has 2 aromatic carbocycles. The van der Waals surface area contributed by atoms with E-state index >= 15 is 0 Å². The molecule has 1 aliphatic heterocycles. The number of rotatable bonds is 4. The first-order valence-electron chi connectivity index (χ1n) is 7.63. The van der Waals surface area contributed by atoms with Crippen LogP contribution in [0.15, 0.2) is 42.5 Å². The lowest BCUT2D eigenvalue weighted by atomic mass is 9.90. The zero-order valence-electron chi connectivity index (χ0n) is 12.9. The van der Waals surface area contributed by atoms with Crippen molar-refractivity contribution in [1.82, 2.24) is 5.32 Å². The van der Waals surface area contributed by atoms with Crippen LogP contribution in [0.5, 0.6) is 0 Å². The average Bonchev–Trinajstić information content (AvgIpc) is 2.55. The number of anilines is 1. The van der Waals surface area contributed by atoms with Gasteiger partial charge in [-0.3, -0.25) is 9.59 Å². The summed E-state index contributed by atoms with van der Waals surface area (Å²) in [6, 6.07) is 12.4. The molecule has 1 aliphatic rings. The number of hydrogen-bond donors (Lipinski definition) is 3. The monoisotopic (exact) mass is 344 g/mol. The van der Waals surface area contributed by atoms with E-state index in [1.807, 2.05) is 12.1 Å². The van der Waals surface area contributed by atoms with E-state index in [0.717, 1.165) is 11.1 Å². The largest absolute Gasteiger partial charge is 0.481 e. The second kappa shape index (κ2) is 7.03. The van der Waals surface area contributed by atoms with Gasteiger partial charge in [0, 0.05) is 23.8 Å². The topological polar surface area (TPSA) is 78.4 Å². The van der Waals surface area contributed by atoms with Gasteiger partial charge in [-0.15, -0.1) is 0 Å². The standard InChI is InChI=1S/C18H17ClN2O3/c19-13-3-6-15-12(8-13)9-20-10-16(15)18(24)21-14-4-1-11(2-5-14)7-17(22)23/h1-6,8,16,20H,7,9-10H2,(H,21,24)(H,22,23). The van der Waals surface area contributed by atoms with Crippen molar-refractivity contribution in [2.24, 2.45) is 0 Å². The fourth-order valence-corrected chi connectivity index (χ4v) is 3.07. The zero-order chi connectivity index (χ0) is 17.1. The van der Waals surface area contributed by atoms with E-state index in [1.165, 1.54) is 0 Å². The van der Waals surface area contributed by atoms with Crippen LogP contribution in [0.2, 0.25) is 5.02 Å². The molecule has 0 aromatic heterocycles. The quantitative estimate of drug-likeness (QED) is 0.797. The lowest BCUT2D eigenvalue weighted by molar-refractivity contribution is -0.136. The van der Waals surface area contributed by atoms with Crippen LogP contribution in [0.1, 0.15) is 22.6 Å². The number of amides is 1. The van der Waals surface area contributed by atoms with Gasteiger partial charge in [0.1, 0.15) is 0 Å². The SMILES string of the molecule is O=C(O)Cc1ccc(NC(=O)C2CNCc3cc(Cl)ccc32)cc1. The van der Waals surface area contributed by atoms with Gasteiger partial charge in [0.15, 0.2) is 0 Å². The number of nitrogens with one attached hydrogen (secondary N) is 2. The minimum Gasteiger partial charge on any atom is -0.481 e. The molecule has 5 nitrogen and oxygen atoms in total. The summed E-state index contributed by atoms with van der Waals surface area (Å²) in [5.41, 5.74) is 3.36. The highest BCUT2D eigenvalue weighted by molar-refractivity contribution is 6.30. The summed E-state index contributed by atoms with van der Waals surface area (Å²) in [6.07, 6.45) is -0.0328. The summed E-state index contributed by atoms with van der Waals surface area (Å²) < 4.78 is 0. The molecule has 1 heterocycles. The first-order chi connectivity index (χ1) is 11.5. The number of fused-ring (bicyclic) bond motifs is 1. The molecule has 1 atom stereocenters. The Morgan fingerprint density at radius 2 is 1.96 bits per heavy atom. The highest BCUT2D eigenvalue weighted by Gasteiger charge is 2.26. The van der Waals surface area contributed by atoms with E-state index in [0.29, 0.717) is 29.4 Å². The maximum atomic E-state index is 12.6. The molecule has 124 valence electrons. The van der Waals surface area contributed by atoms with Gasteiger partial charge in [-0.25, -0.2) is 0 Å². The Bertz CT molecular complexity index is 774. The van der Waals surface area contributed by atoms with E-state index in [-0.39, 0.29) is 18.2 Å². The van der Waals surface area contributed by atoms with Gasteiger partial charge in [-0.1, -0.05) is 29.8 Å². The highest BCUT2D eigenvalue weighted by atomic mass is 35.5. The number of hydrogen-bond acceptors (Lipinski definition) is 3. The van der Waals surface area contributed by atoms with Crippen molar-refractivity contribution in [3.63, 3.8) is 0 Å². The van der Waals surface area contributed by atoms with E-state index < -0.39 is 5.97 Å². The van der Waals surface area contributed by atoms with Gasteiger partial charge in [0.05, 0.1) is 12.3 Å². The molecule has 0 radical (unpaired) electrons. The minimum absolute atomic E-state index is 0.0328. The van der Waals surface area contributed by atoms with Crippen molar-refractivity contribution in [2.45, 2.75) is 18.9 Å². The second-order valence-electron chi connectivity index (χ2n) is 5.78. The van der Waals surface area contributed by atoms with Crippen LogP contribution >= 0.6 is 11.6 Å². The number of carboxylic acids is 1. The third-order valence-electron chi connectivity index (χ3n) is 4.04. The predicted molar refractivity (Wildman–Crippen MR) is 92.3 cm³/mol. The van der Waals surface area contributed by atoms with Crippen LogP contribution in [-0.2, 0) is 22.6 Å². The average molecular weight is 345 g/mol. The maximum absolute atomic E-state index is 12.6. The number of benzene rings is 2. The molecule has 3 N–H and O–H groups in total. The molecule has 0 saturated carbocycles. The van der Waals surface area contributed by atoms with Crippen molar-refractivity contribution >= 4 is 29.2 Å². The molecule has 6 heteroatoms. The van der Waals surface area contributed by atoms with Gasteiger partial charge in [-0.2, -0.15) is 0 Å². The van der Waals surface area contributed by atoms with Crippen LogP contribution in [0, 0.1) is 0 Å².